The summed E-state index contributed by atoms with van der Waals surface area (Å²) in [4.78, 5) is 0. The summed E-state index contributed by atoms with van der Waals surface area (Å²) in [5.41, 5.74) is 1.04. The molecule has 15 heavy (non-hydrogen) atoms. The highest BCUT2D eigenvalue weighted by Gasteiger charge is 2.35. The monoisotopic (exact) mass is 197 g/mol. The third-order valence-corrected chi connectivity index (χ3v) is 3.31. The minimum absolute atomic E-state index is 0.240. The number of allylic oxidation sites excluding steroid dienone is 2. The fraction of sp³-hybridized carbons (Fsp3) is 0.357. The van der Waals surface area contributed by atoms with Crippen LogP contribution in [0.2, 0.25) is 0 Å². The SMILES string of the molecule is C[C@@]1(C#N)CC=CC[C@@H]1c1ccccc1. The largest absolute Gasteiger partial charge is 0.198 e. The van der Waals surface area contributed by atoms with Crippen LogP contribution in [-0.2, 0) is 0 Å². The van der Waals surface area contributed by atoms with Gasteiger partial charge in [0, 0.05) is 5.92 Å². The second kappa shape index (κ2) is 3.90. The summed E-state index contributed by atoms with van der Waals surface area (Å²) in [6.45, 7) is 2.06. The molecule has 0 amide bonds. The molecule has 0 saturated carbocycles. The highest BCUT2D eigenvalue weighted by molar-refractivity contribution is 5.28. The topological polar surface area (TPSA) is 23.8 Å². The number of hydrogen-bond donors (Lipinski definition) is 0. The van der Waals surface area contributed by atoms with Gasteiger partial charge < -0.3 is 0 Å². The second-order valence-electron chi connectivity index (χ2n) is 4.40. The van der Waals surface area contributed by atoms with Gasteiger partial charge in [-0.05, 0) is 25.3 Å². The maximum atomic E-state index is 9.30. The van der Waals surface area contributed by atoms with Gasteiger partial charge >= 0.3 is 0 Å². The first-order valence-corrected chi connectivity index (χ1v) is 5.37. The molecule has 0 unspecified atom stereocenters. The van der Waals surface area contributed by atoms with Crippen LogP contribution in [0, 0.1) is 16.7 Å². The molecule has 2 atom stereocenters. The normalized spacial score (nSPS) is 29.7. The summed E-state index contributed by atoms with van der Waals surface area (Å²) in [5, 5.41) is 9.30. The molecule has 0 aliphatic heterocycles. The highest BCUT2D eigenvalue weighted by Crippen LogP contribution is 2.43. The Kier molecular flexibility index (Phi) is 2.60. The van der Waals surface area contributed by atoms with Crippen molar-refractivity contribution in [1.82, 2.24) is 0 Å². The van der Waals surface area contributed by atoms with E-state index in [0.717, 1.165) is 12.8 Å². The Bertz CT molecular complexity index is 399. The predicted octanol–water partition coefficient (Wildman–Crippen LogP) is 3.65. The molecule has 0 N–H and O–H groups in total. The molecule has 76 valence electrons. The molecule has 0 radical (unpaired) electrons. The summed E-state index contributed by atoms with van der Waals surface area (Å²) in [6, 6.07) is 12.8. The van der Waals surface area contributed by atoms with Crippen LogP contribution in [0.15, 0.2) is 42.5 Å². The molecule has 1 nitrogen and oxygen atoms in total. The molecular formula is C14H15N. The van der Waals surface area contributed by atoms with E-state index in [1.807, 2.05) is 18.2 Å². The molecule has 0 bridgehead atoms. The van der Waals surface area contributed by atoms with Crippen LogP contribution in [0.4, 0.5) is 0 Å². The second-order valence-corrected chi connectivity index (χ2v) is 4.40. The third-order valence-electron chi connectivity index (χ3n) is 3.31. The fourth-order valence-electron chi connectivity index (χ4n) is 2.28. The summed E-state index contributed by atoms with van der Waals surface area (Å²) in [6.07, 6.45) is 6.16. The Labute approximate surface area is 91.0 Å². The van der Waals surface area contributed by atoms with Crippen LogP contribution >= 0.6 is 0 Å². The Morgan fingerprint density at radius 2 is 2.00 bits per heavy atom. The van der Waals surface area contributed by atoms with Crippen LogP contribution in [-0.4, -0.2) is 0 Å². The van der Waals surface area contributed by atoms with E-state index in [1.165, 1.54) is 5.56 Å². The summed E-state index contributed by atoms with van der Waals surface area (Å²) < 4.78 is 0. The Hall–Kier alpha value is -1.55. The zero-order valence-electron chi connectivity index (χ0n) is 8.98. The van der Waals surface area contributed by atoms with Gasteiger partial charge in [-0.3, -0.25) is 0 Å². The van der Waals surface area contributed by atoms with Crippen molar-refractivity contribution in [1.29, 1.82) is 5.26 Å². The average molecular weight is 197 g/mol. The summed E-state index contributed by atoms with van der Waals surface area (Å²) >= 11 is 0. The lowest BCUT2D eigenvalue weighted by Gasteiger charge is -2.33. The van der Waals surface area contributed by atoms with Crippen molar-refractivity contribution >= 4 is 0 Å². The van der Waals surface area contributed by atoms with Gasteiger partial charge in [-0.15, -0.1) is 0 Å². The molecule has 1 aliphatic rings. The van der Waals surface area contributed by atoms with Crippen LogP contribution in [0.1, 0.15) is 31.2 Å². The van der Waals surface area contributed by atoms with E-state index < -0.39 is 0 Å². The van der Waals surface area contributed by atoms with E-state index in [4.69, 9.17) is 0 Å². The third kappa shape index (κ3) is 1.80. The number of nitrogens with zero attached hydrogens (tertiary/aromatic N) is 1. The summed E-state index contributed by atoms with van der Waals surface area (Å²) in [5.74, 6) is 0.341. The number of hydrogen-bond acceptors (Lipinski definition) is 1. The molecule has 1 heteroatoms. The summed E-state index contributed by atoms with van der Waals surface area (Å²) in [7, 11) is 0. The molecule has 2 rings (SSSR count). The molecule has 1 aromatic rings. The number of rotatable bonds is 1. The molecular weight excluding hydrogens is 182 g/mol. The maximum Gasteiger partial charge on any atom is 0.0696 e. The van der Waals surface area contributed by atoms with Gasteiger partial charge in [-0.2, -0.15) is 5.26 Å². The average Bonchev–Trinajstić information content (AvgIpc) is 2.31. The smallest absolute Gasteiger partial charge is 0.0696 e. The van der Waals surface area contributed by atoms with Crippen molar-refractivity contribution in [3.05, 3.63) is 48.0 Å². The minimum atomic E-state index is -0.240. The zero-order chi connectivity index (χ0) is 10.7. The van der Waals surface area contributed by atoms with Crippen molar-refractivity contribution < 1.29 is 0 Å². The first kappa shape index (κ1) is 9.98. The Balaban J connectivity index is 2.37. The van der Waals surface area contributed by atoms with Crippen molar-refractivity contribution in [2.45, 2.75) is 25.7 Å². The molecule has 0 spiro atoms. The lowest BCUT2D eigenvalue weighted by atomic mass is 9.68. The van der Waals surface area contributed by atoms with Gasteiger partial charge in [0.1, 0.15) is 0 Å². The molecule has 1 aromatic carbocycles. The van der Waals surface area contributed by atoms with Crippen molar-refractivity contribution in [3.63, 3.8) is 0 Å². The van der Waals surface area contributed by atoms with Crippen LogP contribution < -0.4 is 0 Å². The molecule has 0 aromatic heterocycles. The van der Waals surface area contributed by atoms with Gasteiger partial charge in [-0.25, -0.2) is 0 Å². The molecule has 0 fully saturated rings. The van der Waals surface area contributed by atoms with Crippen molar-refractivity contribution in [2.75, 3.05) is 0 Å². The fourth-order valence-corrected chi connectivity index (χ4v) is 2.28. The van der Waals surface area contributed by atoms with Crippen LogP contribution in [0.25, 0.3) is 0 Å². The standard InChI is InChI=1S/C14H15N/c1-14(11-15)10-6-5-9-13(14)12-7-3-2-4-8-12/h2-8,13H,9-10H2,1H3/t13-,14+/m1/s1. The first-order chi connectivity index (χ1) is 7.26. The number of nitriles is 1. The molecule has 1 aliphatic carbocycles. The van der Waals surface area contributed by atoms with Crippen LogP contribution in [0.3, 0.4) is 0 Å². The Morgan fingerprint density at radius 3 is 2.67 bits per heavy atom. The van der Waals surface area contributed by atoms with Gasteiger partial charge in [0.15, 0.2) is 0 Å². The lowest BCUT2D eigenvalue weighted by molar-refractivity contribution is 0.338. The van der Waals surface area contributed by atoms with E-state index in [0.29, 0.717) is 5.92 Å². The molecule has 0 heterocycles. The van der Waals surface area contributed by atoms with Gasteiger partial charge in [0.05, 0.1) is 11.5 Å². The maximum absolute atomic E-state index is 9.30. The van der Waals surface area contributed by atoms with E-state index in [-0.39, 0.29) is 5.41 Å². The lowest BCUT2D eigenvalue weighted by Crippen LogP contribution is -2.25. The van der Waals surface area contributed by atoms with E-state index >= 15 is 0 Å². The molecule has 0 saturated heterocycles. The zero-order valence-corrected chi connectivity index (χ0v) is 8.98. The predicted molar refractivity (Wildman–Crippen MR) is 61.3 cm³/mol. The highest BCUT2D eigenvalue weighted by atomic mass is 14.4. The van der Waals surface area contributed by atoms with Crippen LogP contribution in [0.5, 0.6) is 0 Å². The van der Waals surface area contributed by atoms with Crippen molar-refractivity contribution in [3.8, 4) is 6.07 Å². The van der Waals surface area contributed by atoms with Gasteiger partial charge in [-0.1, -0.05) is 42.5 Å². The van der Waals surface area contributed by atoms with Gasteiger partial charge in [0.2, 0.25) is 0 Å². The minimum Gasteiger partial charge on any atom is -0.198 e. The van der Waals surface area contributed by atoms with Gasteiger partial charge in [0.25, 0.3) is 0 Å². The van der Waals surface area contributed by atoms with E-state index in [2.05, 4.69) is 37.3 Å². The quantitative estimate of drug-likeness (QED) is 0.630. The Morgan fingerprint density at radius 1 is 1.27 bits per heavy atom. The van der Waals surface area contributed by atoms with Crippen molar-refractivity contribution in [2.24, 2.45) is 5.41 Å². The first-order valence-electron chi connectivity index (χ1n) is 5.37. The number of benzene rings is 1. The van der Waals surface area contributed by atoms with E-state index in [1.54, 1.807) is 0 Å². The van der Waals surface area contributed by atoms with E-state index in [9.17, 15) is 5.26 Å².